The number of rotatable bonds is 3. The maximum Gasteiger partial charge on any atom is 0.288 e. The van der Waals surface area contributed by atoms with Gasteiger partial charge in [-0.05, 0) is 6.92 Å². The quantitative estimate of drug-likeness (QED) is 0.578. The summed E-state index contributed by atoms with van der Waals surface area (Å²) in [6.45, 7) is 2.20. The van der Waals surface area contributed by atoms with E-state index in [1.54, 1.807) is 19.1 Å². The van der Waals surface area contributed by atoms with E-state index in [0.29, 0.717) is 6.54 Å². The third kappa shape index (κ3) is 2.37. The van der Waals surface area contributed by atoms with Crippen molar-refractivity contribution in [1.82, 2.24) is 4.98 Å². The van der Waals surface area contributed by atoms with Gasteiger partial charge in [-0.25, -0.2) is 0 Å². The zero-order chi connectivity index (χ0) is 10.6. The Kier molecular flexibility index (Phi) is 3.30. The molecule has 5 nitrogen and oxygen atoms in total. The molecule has 0 unspecified atom stereocenters. The third-order valence-electron chi connectivity index (χ3n) is 1.76. The monoisotopic (exact) mass is 193 g/mol. The van der Waals surface area contributed by atoms with E-state index in [1.165, 1.54) is 12.3 Å². The molecule has 0 radical (unpaired) electrons. The fraction of sp³-hybridized carbons (Fsp3) is 0.222. The number of aromatic nitrogens is 1. The standard InChI is InChI=1S/C9H11N3O2/c1-7-8(3-2-4-10)5-9(6-11-7)12(13)14/h2-3,5-6H,4,10H2,1H3. The Bertz CT molecular complexity index is 374. The van der Waals surface area contributed by atoms with Gasteiger partial charge in [0, 0.05) is 23.9 Å². The first kappa shape index (κ1) is 10.3. The van der Waals surface area contributed by atoms with Gasteiger partial charge in [0.05, 0.1) is 4.92 Å². The molecule has 0 aliphatic carbocycles. The van der Waals surface area contributed by atoms with Crippen molar-refractivity contribution in [3.63, 3.8) is 0 Å². The SMILES string of the molecule is Cc1ncc([N+](=O)[O-])cc1C=CCN. The van der Waals surface area contributed by atoms with Crippen molar-refractivity contribution < 1.29 is 4.92 Å². The van der Waals surface area contributed by atoms with Crippen LogP contribution in [0.15, 0.2) is 18.3 Å². The summed E-state index contributed by atoms with van der Waals surface area (Å²) >= 11 is 0. The maximum absolute atomic E-state index is 10.5. The lowest BCUT2D eigenvalue weighted by molar-refractivity contribution is -0.385. The van der Waals surface area contributed by atoms with E-state index >= 15 is 0 Å². The molecule has 0 aliphatic heterocycles. The van der Waals surface area contributed by atoms with Gasteiger partial charge in [0.2, 0.25) is 0 Å². The predicted molar refractivity (Wildman–Crippen MR) is 53.7 cm³/mol. The highest BCUT2D eigenvalue weighted by Crippen LogP contribution is 2.15. The maximum atomic E-state index is 10.5. The van der Waals surface area contributed by atoms with Gasteiger partial charge >= 0.3 is 0 Å². The van der Waals surface area contributed by atoms with Gasteiger partial charge in [-0.3, -0.25) is 15.1 Å². The lowest BCUT2D eigenvalue weighted by Gasteiger charge is -1.98. The molecule has 14 heavy (non-hydrogen) atoms. The minimum Gasteiger partial charge on any atom is -0.327 e. The van der Waals surface area contributed by atoms with Crippen LogP contribution in [-0.4, -0.2) is 16.5 Å². The Balaban J connectivity index is 3.08. The van der Waals surface area contributed by atoms with Crippen LogP contribution in [0.25, 0.3) is 6.08 Å². The van der Waals surface area contributed by atoms with Gasteiger partial charge in [0.25, 0.3) is 5.69 Å². The molecule has 1 aromatic rings. The zero-order valence-corrected chi connectivity index (χ0v) is 7.80. The Morgan fingerprint density at radius 1 is 1.71 bits per heavy atom. The van der Waals surface area contributed by atoms with Crippen LogP contribution in [0.1, 0.15) is 11.3 Å². The highest BCUT2D eigenvalue weighted by molar-refractivity contribution is 5.55. The Labute approximate surface area is 81.4 Å². The summed E-state index contributed by atoms with van der Waals surface area (Å²) in [5.41, 5.74) is 6.75. The molecular formula is C9H11N3O2. The van der Waals surface area contributed by atoms with Gasteiger partial charge in [0.1, 0.15) is 6.20 Å². The van der Waals surface area contributed by atoms with Gasteiger partial charge in [-0.15, -0.1) is 0 Å². The van der Waals surface area contributed by atoms with E-state index in [1.807, 2.05) is 0 Å². The smallest absolute Gasteiger partial charge is 0.288 e. The number of hydrogen-bond acceptors (Lipinski definition) is 4. The first-order valence-electron chi connectivity index (χ1n) is 4.13. The van der Waals surface area contributed by atoms with Gasteiger partial charge < -0.3 is 5.73 Å². The molecule has 74 valence electrons. The molecule has 0 spiro atoms. The number of aryl methyl sites for hydroxylation is 1. The molecular weight excluding hydrogens is 182 g/mol. The van der Waals surface area contributed by atoms with Crippen molar-refractivity contribution in [2.75, 3.05) is 6.54 Å². The van der Waals surface area contributed by atoms with E-state index in [0.717, 1.165) is 11.3 Å². The minimum absolute atomic E-state index is 0.00716. The van der Waals surface area contributed by atoms with Crippen LogP contribution in [0.5, 0.6) is 0 Å². The van der Waals surface area contributed by atoms with Crippen LogP contribution in [0, 0.1) is 17.0 Å². The molecule has 1 aromatic heterocycles. The average Bonchev–Trinajstić information content (AvgIpc) is 2.16. The summed E-state index contributed by atoms with van der Waals surface area (Å²) in [7, 11) is 0. The molecule has 1 heterocycles. The molecule has 0 fully saturated rings. The topological polar surface area (TPSA) is 82.0 Å². The second-order valence-electron chi connectivity index (χ2n) is 2.76. The van der Waals surface area contributed by atoms with Crippen LogP contribution in [-0.2, 0) is 0 Å². The molecule has 0 saturated heterocycles. The second kappa shape index (κ2) is 4.48. The van der Waals surface area contributed by atoms with E-state index < -0.39 is 4.92 Å². The number of nitro groups is 1. The van der Waals surface area contributed by atoms with Crippen molar-refractivity contribution in [3.05, 3.63) is 39.7 Å². The number of pyridine rings is 1. The second-order valence-corrected chi connectivity index (χ2v) is 2.76. The predicted octanol–water partition coefficient (Wildman–Crippen LogP) is 1.27. The van der Waals surface area contributed by atoms with Crippen LogP contribution in [0.4, 0.5) is 5.69 Å². The van der Waals surface area contributed by atoms with E-state index in [9.17, 15) is 10.1 Å². The van der Waals surface area contributed by atoms with Crippen LogP contribution in [0.2, 0.25) is 0 Å². The first-order valence-corrected chi connectivity index (χ1v) is 4.13. The number of nitrogens with zero attached hydrogens (tertiary/aromatic N) is 2. The lowest BCUT2D eigenvalue weighted by Crippen LogP contribution is -1.95. The number of hydrogen-bond donors (Lipinski definition) is 1. The summed E-state index contributed by atoms with van der Waals surface area (Å²) in [6.07, 6.45) is 4.71. The average molecular weight is 193 g/mol. The number of nitrogens with two attached hydrogens (primary N) is 1. The summed E-state index contributed by atoms with van der Waals surface area (Å²) in [5.74, 6) is 0. The largest absolute Gasteiger partial charge is 0.327 e. The molecule has 5 heteroatoms. The minimum atomic E-state index is -0.466. The lowest BCUT2D eigenvalue weighted by atomic mass is 10.2. The Hall–Kier alpha value is -1.75. The molecule has 0 bridgehead atoms. The van der Waals surface area contributed by atoms with Gasteiger partial charge in [0.15, 0.2) is 0 Å². The molecule has 0 saturated carbocycles. The van der Waals surface area contributed by atoms with Crippen LogP contribution < -0.4 is 5.73 Å². The van der Waals surface area contributed by atoms with Crippen molar-refractivity contribution in [3.8, 4) is 0 Å². The molecule has 0 atom stereocenters. The molecule has 0 amide bonds. The molecule has 2 N–H and O–H groups in total. The van der Waals surface area contributed by atoms with Crippen LogP contribution in [0.3, 0.4) is 0 Å². The Morgan fingerprint density at radius 3 is 3.00 bits per heavy atom. The van der Waals surface area contributed by atoms with Gasteiger partial charge in [-0.1, -0.05) is 12.2 Å². The summed E-state index contributed by atoms with van der Waals surface area (Å²) in [4.78, 5) is 13.9. The van der Waals surface area contributed by atoms with Crippen molar-refractivity contribution in [2.45, 2.75) is 6.92 Å². The first-order chi connectivity index (χ1) is 6.65. The van der Waals surface area contributed by atoms with E-state index in [-0.39, 0.29) is 5.69 Å². The molecule has 0 aromatic carbocycles. The molecule has 1 rings (SSSR count). The fourth-order valence-electron chi connectivity index (χ4n) is 1.00. The Morgan fingerprint density at radius 2 is 2.43 bits per heavy atom. The summed E-state index contributed by atoms with van der Waals surface area (Å²) in [6, 6.07) is 1.48. The van der Waals surface area contributed by atoms with Crippen molar-refractivity contribution in [1.29, 1.82) is 0 Å². The van der Waals surface area contributed by atoms with E-state index in [4.69, 9.17) is 5.73 Å². The third-order valence-corrected chi connectivity index (χ3v) is 1.76. The van der Waals surface area contributed by atoms with Gasteiger partial charge in [-0.2, -0.15) is 0 Å². The van der Waals surface area contributed by atoms with Crippen molar-refractivity contribution >= 4 is 11.8 Å². The molecule has 0 aliphatic rings. The normalized spacial score (nSPS) is 10.7. The highest BCUT2D eigenvalue weighted by Gasteiger charge is 2.07. The van der Waals surface area contributed by atoms with Crippen molar-refractivity contribution in [2.24, 2.45) is 5.73 Å². The van der Waals surface area contributed by atoms with Crippen LogP contribution >= 0.6 is 0 Å². The fourth-order valence-corrected chi connectivity index (χ4v) is 1.00. The zero-order valence-electron chi connectivity index (χ0n) is 7.80. The van der Waals surface area contributed by atoms with E-state index in [2.05, 4.69) is 4.98 Å². The highest BCUT2D eigenvalue weighted by atomic mass is 16.6. The summed E-state index contributed by atoms with van der Waals surface area (Å²) < 4.78 is 0. The summed E-state index contributed by atoms with van der Waals surface area (Å²) in [5, 5.41) is 10.5.